The van der Waals surface area contributed by atoms with Gasteiger partial charge in [-0.15, -0.1) is 0 Å². The number of halogens is 1. The summed E-state index contributed by atoms with van der Waals surface area (Å²) in [7, 11) is 4.80. The number of rotatable bonds is 8. The molecule has 1 aromatic carbocycles. The van der Waals surface area contributed by atoms with Crippen LogP contribution in [0.25, 0.3) is 6.08 Å². The predicted molar refractivity (Wildman–Crippen MR) is 136 cm³/mol. The van der Waals surface area contributed by atoms with Gasteiger partial charge >= 0.3 is 0 Å². The van der Waals surface area contributed by atoms with Gasteiger partial charge in [0, 0.05) is 20.1 Å². The van der Waals surface area contributed by atoms with Crippen LogP contribution in [0.15, 0.2) is 28.9 Å². The third kappa shape index (κ3) is 4.52. The molecular formula is C26H32INO6. The van der Waals surface area contributed by atoms with E-state index >= 15 is 0 Å². The molecule has 2 saturated heterocycles. The number of hydrogen-bond acceptors (Lipinski definition) is 6. The van der Waals surface area contributed by atoms with Gasteiger partial charge in [0.1, 0.15) is 0 Å². The van der Waals surface area contributed by atoms with Crippen molar-refractivity contribution in [1.29, 1.82) is 0 Å². The highest BCUT2D eigenvalue weighted by Gasteiger charge is 2.55. The topological polar surface area (TPSA) is 85.3 Å². The number of benzene rings is 1. The van der Waals surface area contributed by atoms with E-state index in [0.717, 1.165) is 34.0 Å². The Kier molecular flexibility index (Phi) is 7.69. The second kappa shape index (κ2) is 10.4. The number of likely N-dealkylation sites (tertiary alicyclic amines) is 1. The Bertz CT molecular complexity index is 1050. The zero-order chi connectivity index (χ0) is 24.6. The smallest absolute Gasteiger partial charge is 0.233 e. The Morgan fingerprint density at radius 1 is 1.26 bits per heavy atom. The lowest BCUT2D eigenvalue weighted by Gasteiger charge is -2.31. The minimum Gasteiger partial charge on any atom is -0.504 e. The molecule has 4 rings (SSSR count). The number of aromatic hydroxyl groups is 1. The van der Waals surface area contributed by atoms with Crippen molar-refractivity contribution < 1.29 is 28.9 Å². The first-order chi connectivity index (χ1) is 16.3. The van der Waals surface area contributed by atoms with E-state index in [9.17, 15) is 14.7 Å². The Morgan fingerprint density at radius 3 is 2.71 bits per heavy atom. The molecule has 2 aliphatic heterocycles. The summed E-state index contributed by atoms with van der Waals surface area (Å²) in [6, 6.07) is 3.78. The van der Waals surface area contributed by atoms with Crippen LogP contribution in [0.3, 0.4) is 0 Å². The fraction of sp³-hybridized carbons (Fsp3) is 0.538. The van der Waals surface area contributed by atoms with Crippen molar-refractivity contribution in [3.05, 3.63) is 38.0 Å². The highest BCUT2D eigenvalue weighted by molar-refractivity contribution is 14.1. The number of ether oxygens (including phenoxy) is 3. The zero-order valence-corrected chi connectivity index (χ0v) is 22.3. The van der Waals surface area contributed by atoms with Gasteiger partial charge in [0.2, 0.25) is 11.8 Å². The second-order valence-corrected chi connectivity index (χ2v) is 10.4. The Balaban J connectivity index is 1.55. The number of fused-ring (bicyclic) bond motifs is 3. The fourth-order valence-corrected chi connectivity index (χ4v) is 6.30. The molecule has 2 amide bonds. The summed E-state index contributed by atoms with van der Waals surface area (Å²) >= 11 is 2.10. The van der Waals surface area contributed by atoms with Crippen LogP contribution in [-0.4, -0.2) is 62.4 Å². The molecule has 1 aliphatic carbocycles. The van der Waals surface area contributed by atoms with Crippen LogP contribution < -0.4 is 4.74 Å². The molecule has 0 radical (unpaired) electrons. The van der Waals surface area contributed by atoms with E-state index in [1.54, 1.807) is 21.3 Å². The van der Waals surface area contributed by atoms with Crippen molar-refractivity contribution in [3.8, 4) is 11.5 Å². The average molecular weight is 581 g/mol. The van der Waals surface area contributed by atoms with Crippen molar-refractivity contribution in [1.82, 2.24) is 4.90 Å². The first-order valence-corrected chi connectivity index (χ1v) is 12.8. The summed E-state index contributed by atoms with van der Waals surface area (Å²) in [6.45, 7) is 3.06. The van der Waals surface area contributed by atoms with Crippen molar-refractivity contribution in [2.24, 2.45) is 17.8 Å². The molecular weight excluding hydrogens is 549 g/mol. The number of phenols is 1. The number of carbonyl (C=O) groups excluding carboxylic acids is 2. The minimum absolute atomic E-state index is 0.0488. The molecule has 2 heterocycles. The van der Waals surface area contributed by atoms with E-state index in [1.165, 1.54) is 16.0 Å². The highest BCUT2D eigenvalue weighted by Crippen LogP contribution is 2.49. The number of allylic oxidation sites excluding steroid dienone is 1. The van der Waals surface area contributed by atoms with Crippen LogP contribution in [0.1, 0.15) is 38.2 Å². The van der Waals surface area contributed by atoms with Crippen molar-refractivity contribution in [3.63, 3.8) is 0 Å². The van der Waals surface area contributed by atoms with Crippen LogP contribution in [0.5, 0.6) is 11.5 Å². The monoisotopic (exact) mass is 581 g/mol. The molecule has 34 heavy (non-hydrogen) atoms. The van der Waals surface area contributed by atoms with Crippen molar-refractivity contribution in [2.45, 2.75) is 38.7 Å². The van der Waals surface area contributed by atoms with E-state index in [-0.39, 0.29) is 41.4 Å². The molecule has 0 spiro atoms. The van der Waals surface area contributed by atoms with Gasteiger partial charge in [0.15, 0.2) is 11.5 Å². The Morgan fingerprint density at radius 2 is 2.03 bits per heavy atom. The van der Waals surface area contributed by atoms with Gasteiger partial charge in [-0.2, -0.15) is 0 Å². The summed E-state index contributed by atoms with van der Waals surface area (Å²) in [5.41, 5.74) is 4.55. The maximum atomic E-state index is 12.8. The van der Waals surface area contributed by atoms with Crippen LogP contribution in [0.2, 0.25) is 0 Å². The quantitative estimate of drug-likeness (QED) is 0.282. The van der Waals surface area contributed by atoms with E-state index in [0.29, 0.717) is 25.4 Å². The maximum absolute atomic E-state index is 12.8. The maximum Gasteiger partial charge on any atom is 0.233 e. The average Bonchev–Trinajstić information content (AvgIpc) is 3.34. The first kappa shape index (κ1) is 25.2. The van der Waals surface area contributed by atoms with Crippen LogP contribution in [0.4, 0.5) is 0 Å². The number of methoxy groups -OCH3 is 2. The standard InChI is InChI=1S/C26H32INO6/c1-5-14(8-15-9-19(27)24(29)21(10-15)33-4)6-7-20-22-16(12-32-3)11-17-23(18(22)13-34-20)26(31)28(2)25(17)30/h8-10,17-18,20,23,29H,5-7,11-13H2,1-4H3/b14-8+/t17-,18+,20-,23-/m1/s1. The van der Waals surface area contributed by atoms with Crippen molar-refractivity contribution >= 4 is 40.5 Å². The Hall–Kier alpha value is -1.91. The molecule has 0 saturated carbocycles. The molecule has 2 fully saturated rings. The predicted octanol–water partition coefficient (Wildman–Crippen LogP) is 4.17. The molecule has 0 bridgehead atoms. The number of amides is 2. The number of nitrogens with zero attached hydrogens (tertiary/aromatic N) is 1. The third-order valence-corrected chi connectivity index (χ3v) is 8.19. The summed E-state index contributed by atoms with van der Waals surface area (Å²) < 4.78 is 17.8. The van der Waals surface area contributed by atoms with E-state index in [2.05, 4.69) is 35.6 Å². The minimum atomic E-state index is -0.314. The molecule has 1 N–H and O–H groups in total. The summed E-state index contributed by atoms with van der Waals surface area (Å²) in [4.78, 5) is 26.8. The lowest BCUT2D eigenvalue weighted by molar-refractivity contribution is -0.138. The summed E-state index contributed by atoms with van der Waals surface area (Å²) in [5.74, 6) is -0.204. The Labute approximate surface area is 214 Å². The molecule has 0 unspecified atom stereocenters. The zero-order valence-electron chi connectivity index (χ0n) is 20.1. The van der Waals surface area contributed by atoms with Crippen LogP contribution in [0, 0.1) is 21.3 Å². The van der Waals surface area contributed by atoms with Crippen molar-refractivity contribution in [2.75, 3.05) is 34.5 Å². The number of hydrogen-bond donors (Lipinski definition) is 1. The lowest BCUT2D eigenvalue weighted by Crippen LogP contribution is -2.34. The van der Waals surface area contributed by atoms with Gasteiger partial charge < -0.3 is 19.3 Å². The molecule has 184 valence electrons. The fourth-order valence-electron chi connectivity index (χ4n) is 5.67. The largest absolute Gasteiger partial charge is 0.504 e. The highest BCUT2D eigenvalue weighted by atomic mass is 127. The molecule has 3 aliphatic rings. The number of imide groups is 1. The number of phenolic OH excluding ortho intramolecular Hbond substituents is 1. The second-order valence-electron chi connectivity index (χ2n) is 9.24. The molecule has 4 atom stereocenters. The summed E-state index contributed by atoms with van der Waals surface area (Å²) in [6.07, 6.45) is 5.18. The van der Waals surface area contributed by atoms with E-state index in [4.69, 9.17) is 14.2 Å². The SMILES string of the molecule is CC/C(=C\c1cc(I)c(O)c(OC)c1)CC[C@H]1OC[C@H]2C1=C(COC)C[C@H]1C(=O)N(C)C(=O)[C@H]12. The van der Waals surface area contributed by atoms with Gasteiger partial charge in [-0.05, 0) is 77.1 Å². The van der Waals surface area contributed by atoms with Gasteiger partial charge in [0.25, 0.3) is 0 Å². The molecule has 7 nitrogen and oxygen atoms in total. The first-order valence-electron chi connectivity index (χ1n) is 11.7. The van der Waals surface area contributed by atoms with Gasteiger partial charge in [-0.25, -0.2) is 0 Å². The molecule has 0 aromatic heterocycles. The molecule has 8 heteroatoms. The number of carbonyl (C=O) groups is 2. The van der Waals surface area contributed by atoms with Crippen LogP contribution >= 0.6 is 22.6 Å². The third-order valence-electron chi connectivity index (χ3n) is 7.37. The van der Waals surface area contributed by atoms with E-state index < -0.39 is 0 Å². The van der Waals surface area contributed by atoms with E-state index in [1.807, 2.05) is 12.1 Å². The van der Waals surface area contributed by atoms with Gasteiger partial charge in [0.05, 0.1) is 41.8 Å². The van der Waals surface area contributed by atoms with Gasteiger partial charge in [-0.3, -0.25) is 14.5 Å². The van der Waals surface area contributed by atoms with Gasteiger partial charge in [-0.1, -0.05) is 18.6 Å². The molecule has 1 aromatic rings. The normalized spacial score (nSPS) is 26.9. The van der Waals surface area contributed by atoms with Crippen LogP contribution in [-0.2, 0) is 19.1 Å². The lowest BCUT2D eigenvalue weighted by atomic mass is 9.69. The summed E-state index contributed by atoms with van der Waals surface area (Å²) in [5, 5.41) is 10.1.